The molecule has 16 heavy (non-hydrogen) atoms. The van der Waals surface area contributed by atoms with E-state index in [-0.39, 0.29) is 6.61 Å². The van der Waals surface area contributed by atoms with Gasteiger partial charge in [-0.2, -0.15) is 0 Å². The molecule has 1 aromatic heterocycles. The Morgan fingerprint density at radius 2 is 2.06 bits per heavy atom. The van der Waals surface area contributed by atoms with E-state index in [1.165, 1.54) is 12.5 Å². The highest BCUT2D eigenvalue weighted by Gasteiger charge is 2.03. The summed E-state index contributed by atoms with van der Waals surface area (Å²) >= 11 is 0. The minimum absolute atomic E-state index is 0.204. The van der Waals surface area contributed by atoms with E-state index in [1.54, 1.807) is 18.2 Å². The van der Waals surface area contributed by atoms with E-state index < -0.39 is 6.09 Å². The van der Waals surface area contributed by atoms with E-state index in [0.717, 1.165) is 5.56 Å². The standard InChI is InChI=1S/C12H11NO3/c14-12(13-11-4-2-1-3-5-11)16-9-10-6-7-15-8-10/h1-8H,9H2,(H,13,14). The lowest BCUT2D eigenvalue weighted by Crippen LogP contribution is -2.13. The van der Waals surface area contributed by atoms with Crippen molar-refractivity contribution in [3.8, 4) is 0 Å². The molecule has 82 valence electrons. The molecule has 1 heterocycles. The smallest absolute Gasteiger partial charge is 0.411 e. The average Bonchev–Trinajstić information content (AvgIpc) is 2.81. The molecule has 4 nitrogen and oxygen atoms in total. The number of carbonyl (C=O) groups is 1. The minimum atomic E-state index is -0.479. The minimum Gasteiger partial charge on any atom is -0.472 e. The largest absolute Gasteiger partial charge is 0.472 e. The lowest BCUT2D eigenvalue weighted by atomic mass is 10.3. The van der Waals surface area contributed by atoms with Crippen LogP contribution in [0.5, 0.6) is 0 Å². The van der Waals surface area contributed by atoms with Crippen molar-refractivity contribution in [2.75, 3.05) is 5.32 Å². The summed E-state index contributed by atoms with van der Waals surface area (Å²) in [6.45, 7) is 0.204. The third-order valence-corrected chi connectivity index (χ3v) is 1.97. The molecule has 0 aliphatic heterocycles. The molecule has 1 aromatic carbocycles. The van der Waals surface area contributed by atoms with E-state index in [1.807, 2.05) is 18.2 Å². The number of nitrogens with one attached hydrogen (secondary N) is 1. The second-order valence-corrected chi connectivity index (χ2v) is 3.20. The summed E-state index contributed by atoms with van der Waals surface area (Å²) in [6, 6.07) is 10.9. The second-order valence-electron chi connectivity index (χ2n) is 3.20. The van der Waals surface area contributed by atoms with Crippen LogP contribution in [-0.4, -0.2) is 6.09 Å². The quantitative estimate of drug-likeness (QED) is 0.859. The van der Waals surface area contributed by atoms with Crippen LogP contribution >= 0.6 is 0 Å². The first-order chi connectivity index (χ1) is 7.84. The van der Waals surface area contributed by atoms with Crippen LogP contribution in [-0.2, 0) is 11.3 Å². The zero-order valence-corrected chi connectivity index (χ0v) is 8.55. The van der Waals surface area contributed by atoms with Crippen LogP contribution in [0.15, 0.2) is 53.3 Å². The molecule has 2 rings (SSSR count). The van der Waals surface area contributed by atoms with Gasteiger partial charge in [-0.15, -0.1) is 0 Å². The van der Waals surface area contributed by atoms with Gasteiger partial charge in [0.1, 0.15) is 6.61 Å². The Balaban J connectivity index is 1.81. The molecule has 0 unspecified atom stereocenters. The zero-order valence-electron chi connectivity index (χ0n) is 8.55. The Morgan fingerprint density at radius 1 is 1.25 bits per heavy atom. The number of rotatable bonds is 3. The van der Waals surface area contributed by atoms with Gasteiger partial charge in [0.25, 0.3) is 0 Å². The van der Waals surface area contributed by atoms with Gasteiger partial charge in [0.05, 0.1) is 12.5 Å². The summed E-state index contributed by atoms with van der Waals surface area (Å²) in [6.07, 6.45) is 2.59. The Morgan fingerprint density at radius 3 is 2.75 bits per heavy atom. The van der Waals surface area contributed by atoms with E-state index in [2.05, 4.69) is 5.32 Å². The van der Waals surface area contributed by atoms with Crippen molar-refractivity contribution in [1.82, 2.24) is 0 Å². The van der Waals surface area contributed by atoms with Crippen molar-refractivity contribution in [3.05, 3.63) is 54.5 Å². The van der Waals surface area contributed by atoms with Crippen molar-refractivity contribution in [3.63, 3.8) is 0 Å². The molecule has 0 aliphatic rings. The first-order valence-electron chi connectivity index (χ1n) is 4.84. The van der Waals surface area contributed by atoms with Crippen molar-refractivity contribution < 1.29 is 13.9 Å². The first kappa shape index (κ1) is 10.3. The molecule has 0 aliphatic carbocycles. The second kappa shape index (κ2) is 5.02. The van der Waals surface area contributed by atoms with Gasteiger partial charge in [-0.05, 0) is 18.2 Å². The summed E-state index contributed by atoms with van der Waals surface area (Å²) in [5, 5.41) is 2.61. The molecule has 0 bridgehead atoms. The number of amides is 1. The number of benzene rings is 1. The monoisotopic (exact) mass is 217 g/mol. The summed E-state index contributed by atoms with van der Waals surface area (Å²) in [4.78, 5) is 11.3. The Labute approximate surface area is 92.8 Å². The predicted octanol–water partition coefficient (Wildman–Crippen LogP) is 3.03. The Hall–Kier alpha value is -2.23. The molecule has 1 amide bonds. The van der Waals surface area contributed by atoms with Crippen LogP contribution < -0.4 is 5.32 Å². The molecule has 0 saturated heterocycles. The van der Waals surface area contributed by atoms with Gasteiger partial charge in [0.15, 0.2) is 0 Å². The van der Waals surface area contributed by atoms with Crippen LogP contribution in [0, 0.1) is 0 Å². The van der Waals surface area contributed by atoms with Crippen LogP contribution in [0.25, 0.3) is 0 Å². The molecule has 4 heteroatoms. The Kier molecular flexibility index (Phi) is 3.23. The van der Waals surface area contributed by atoms with Crippen molar-refractivity contribution in [2.24, 2.45) is 0 Å². The molecular weight excluding hydrogens is 206 g/mol. The number of anilines is 1. The van der Waals surface area contributed by atoms with E-state index >= 15 is 0 Å². The first-order valence-corrected chi connectivity index (χ1v) is 4.84. The summed E-state index contributed by atoms with van der Waals surface area (Å²) in [5.41, 5.74) is 1.53. The number of hydrogen-bond donors (Lipinski definition) is 1. The van der Waals surface area contributed by atoms with Crippen LogP contribution in [0.2, 0.25) is 0 Å². The predicted molar refractivity (Wildman–Crippen MR) is 59.0 cm³/mol. The SMILES string of the molecule is O=C(Nc1ccccc1)OCc1ccoc1. The van der Waals surface area contributed by atoms with Gasteiger partial charge < -0.3 is 9.15 Å². The summed E-state index contributed by atoms with van der Waals surface area (Å²) < 4.78 is 9.83. The van der Waals surface area contributed by atoms with E-state index in [9.17, 15) is 4.79 Å². The number of hydrogen-bond acceptors (Lipinski definition) is 3. The fourth-order valence-corrected chi connectivity index (χ4v) is 1.20. The van der Waals surface area contributed by atoms with E-state index in [4.69, 9.17) is 9.15 Å². The normalized spacial score (nSPS) is 9.75. The molecule has 0 fully saturated rings. The highest BCUT2D eigenvalue weighted by molar-refractivity contribution is 5.84. The third kappa shape index (κ3) is 2.88. The lowest BCUT2D eigenvalue weighted by molar-refractivity contribution is 0.155. The van der Waals surface area contributed by atoms with Crippen molar-refractivity contribution in [1.29, 1.82) is 0 Å². The van der Waals surface area contributed by atoms with Gasteiger partial charge in [0.2, 0.25) is 0 Å². The van der Waals surface area contributed by atoms with Crippen LogP contribution in [0.3, 0.4) is 0 Å². The van der Waals surface area contributed by atoms with Gasteiger partial charge >= 0.3 is 6.09 Å². The highest BCUT2D eigenvalue weighted by atomic mass is 16.5. The highest BCUT2D eigenvalue weighted by Crippen LogP contribution is 2.07. The molecule has 0 radical (unpaired) electrons. The average molecular weight is 217 g/mol. The van der Waals surface area contributed by atoms with Crippen molar-refractivity contribution >= 4 is 11.8 Å². The molecule has 0 atom stereocenters. The number of furan rings is 1. The van der Waals surface area contributed by atoms with Gasteiger partial charge in [0, 0.05) is 11.3 Å². The topological polar surface area (TPSA) is 51.5 Å². The summed E-state index contributed by atoms with van der Waals surface area (Å²) in [5.74, 6) is 0. The number of para-hydroxylation sites is 1. The molecule has 0 saturated carbocycles. The fourth-order valence-electron chi connectivity index (χ4n) is 1.20. The number of ether oxygens (including phenoxy) is 1. The third-order valence-electron chi connectivity index (χ3n) is 1.97. The maximum absolute atomic E-state index is 11.3. The van der Waals surface area contributed by atoms with Crippen LogP contribution in [0.4, 0.5) is 10.5 Å². The number of carbonyl (C=O) groups excluding carboxylic acids is 1. The van der Waals surface area contributed by atoms with E-state index in [0.29, 0.717) is 5.69 Å². The van der Waals surface area contributed by atoms with Gasteiger partial charge in [-0.1, -0.05) is 18.2 Å². The lowest BCUT2D eigenvalue weighted by Gasteiger charge is -2.05. The maximum atomic E-state index is 11.3. The van der Waals surface area contributed by atoms with Gasteiger partial charge in [-0.25, -0.2) is 4.79 Å². The molecule has 2 aromatic rings. The maximum Gasteiger partial charge on any atom is 0.411 e. The van der Waals surface area contributed by atoms with Crippen LogP contribution in [0.1, 0.15) is 5.56 Å². The molecule has 1 N–H and O–H groups in total. The van der Waals surface area contributed by atoms with Crippen molar-refractivity contribution in [2.45, 2.75) is 6.61 Å². The molecular formula is C12H11NO3. The zero-order chi connectivity index (χ0) is 11.2. The Bertz CT molecular complexity index is 437. The molecule has 0 spiro atoms. The fraction of sp³-hybridized carbons (Fsp3) is 0.0833. The van der Waals surface area contributed by atoms with Gasteiger partial charge in [-0.3, -0.25) is 5.32 Å². The summed E-state index contributed by atoms with van der Waals surface area (Å²) in [7, 11) is 0.